The third-order valence-corrected chi connectivity index (χ3v) is 4.31. The molecule has 1 heterocycles. The molecule has 0 unspecified atom stereocenters. The van der Waals surface area contributed by atoms with Crippen LogP contribution in [0.15, 0.2) is 85.2 Å². The molecule has 7 heteroatoms. The van der Waals surface area contributed by atoms with E-state index in [9.17, 15) is 13.6 Å². The summed E-state index contributed by atoms with van der Waals surface area (Å²) in [5.41, 5.74) is 3.12. The molecule has 0 bridgehead atoms. The number of amides is 1. The summed E-state index contributed by atoms with van der Waals surface area (Å²) in [5.74, 6) is -0.638. The van der Waals surface area contributed by atoms with E-state index in [4.69, 9.17) is 0 Å². The van der Waals surface area contributed by atoms with E-state index in [1.165, 1.54) is 36.4 Å². The van der Waals surface area contributed by atoms with Crippen molar-refractivity contribution in [3.8, 4) is 11.1 Å². The van der Waals surface area contributed by atoms with Gasteiger partial charge in [0.2, 0.25) is 5.95 Å². The topological polar surface area (TPSA) is 66.9 Å². The van der Waals surface area contributed by atoms with Crippen molar-refractivity contribution in [3.05, 3.63) is 102 Å². The van der Waals surface area contributed by atoms with E-state index in [1.54, 1.807) is 48.8 Å². The van der Waals surface area contributed by atoms with Gasteiger partial charge in [-0.25, -0.2) is 18.7 Å². The monoisotopic (exact) mass is 402 g/mol. The first kappa shape index (κ1) is 19.2. The fraction of sp³-hybridized carbons (Fsp3) is 0. The minimum absolute atomic E-state index is 0.304. The molecule has 148 valence electrons. The highest BCUT2D eigenvalue weighted by molar-refractivity contribution is 6.04. The highest BCUT2D eigenvalue weighted by Crippen LogP contribution is 2.20. The number of halogens is 2. The van der Waals surface area contributed by atoms with Crippen molar-refractivity contribution in [2.24, 2.45) is 0 Å². The molecule has 0 saturated heterocycles. The number of hydrogen-bond acceptors (Lipinski definition) is 4. The van der Waals surface area contributed by atoms with Crippen molar-refractivity contribution >= 4 is 23.2 Å². The number of nitrogens with zero attached hydrogens (tertiary/aromatic N) is 2. The van der Waals surface area contributed by atoms with Crippen molar-refractivity contribution in [1.82, 2.24) is 9.97 Å². The van der Waals surface area contributed by atoms with Crippen LogP contribution in [-0.2, 0) is 0 Å². The van der Waals surface area contributed by atoms with E-state index >= 15 is 0 Å². The van der Waals surface area contributed by atoms with Gasteiger partial charge < -0.3 is 10.6 Å². The number of carbonyl (C=O) groups is 1. The molecular weight excluding hydrogens is 386 g/mol. The summed E-state index contributed by atoms with van der Waals surface area (Å²) in [6.45, 7) is 0. The van der Waals surface area contributed by atoms with Gasteiger partial charge in [0.05, 0.1) is 0 Å². The van der Waals surface area contributed by atoms with Crippen LogP contribution in [0.25, 0.3) is 11.1 Å². The summed E-state index contributed by atoms with van der Waals surface area (Å²) in [5, 5.41) is 5.76. The average Bonchev–Trinajstić information content (AvgIpc) is 2.77. The fourth-order valence-electron chi connectivity index (χ4n) is 2.79. The van der Waals surface area contributed by atoms with Gasteiger partial charge >= 0.3 is 0 Å². The predicted molar refractivity (Wildman–Crippen MR) is 112 cm³/mol. The van der Waals surface area contributed by atoms with E-state index in [2.05, 4.69) is 20.6 Å². The maximum Gasteiger partial charge on any atom is 0.255 e. The van der Waals surface area contributed by atoms with Crippen molar-refractivity contribution in [2.45, 2.75) is 0 Å². The van der Waals surface area contributed by atoms with Crippen molar-refractivity contribution < 1.29 is 13.6 Å². The Bertz CT molecular complexity index is 1160. The number of carbonyl (C=O) groups excluding carboxylic acids is 1. The third-order valence-electron chi connectivity index (χ3n) is 4.31. The summed E-state index contributed by atoms with van der Waals surface area (Å²) in [6.07, 6.45) is 3.27. The summed E-state index contributed by atoms with van der Waals surface area (Å²) in [6, 6.07) is 18.5. The molecule has 0 aliphatic heterocycles. The van der Waals surface area contributed by atoms with Gasteiger partial charge in [-0.1, -0.05) is 18.2 Å². The molecule has 0 spiro atoms. The molecule has 0 saturated carbocycles. The van der Waals surface area contributed by atoms with E-state index in [0.29, 0.717) is 22.9 Å². The Labute approximate surface area is 171 Å². The number of hydrogen-bond donors (Lipinski definition) is 2. The van der Waals surface area contributed by atoms with Crippen molar-refractivity contribution in [3.63, 3.8) is 0 Å². The number of benzene rings is 3. The second-order valence-corrected chi connectivity index (χ2v) is 6.47. The van der Waals surface area contributed by atoms with Crippen LogP contribution in [0.4, 0.5) is 26.1 Å². The maximum absolute atomic E-state index is 13.1. The lowest BCUT2D eigenvalue weighted by atomic mass is 10.1. The van der Waals surface area contributed by atoms with E-state index < -0.39 is 0 Å². The lowest BCUT2D eigenvalue weighted by molar-refractivity contribution is 0.102. The van der Waals surface area contributed by atoms with Gasteiger partial charge in [0.15, 0.2) is 0 Å². The van der Waals surface area contributed by atoms with Crippen LogP contribution < -0.4 is 10.6 Å². The third kappa shape index (κ3) is 4.64. The molecule has 0 atom stereocenters. The quantitative estimate of drug-likeness (QED) is 0.468. The van der Waals surface area contributed by atoms with Gasteiger partial charge in [0, 0.05) is 34.9 Å². The van der Waals surface area contributed by atoms with Crippen molar-refractivity contribution in [2.75, 3.05) is 10.6 Å². The molecule has 5 nitrogen and oxygen atoms in total. The van der Waals surface area contributed by atoms with Gasteiger partial charge in [-0.05, 0) is 60.2 Å². The number of rotatable bonds is 5. The first-order chi connectivity index (χ1) is 14.6. The van der Waals surface area contributed by atoms with Crippen molar-refractivity contribution in [1.29, 1.82) is 0 Å². The second-order valence-electron chi connectivity index (χ2n) is 6.47. The highest BCUT2D eigenvalue weighted by Gasteiger charge is 2.08. The zero-order valence-electron chi connectivity index (χ0n) is 15.6. The lowest BCUT2D eigenvalue weighted by Gasteiger charge is -2.09. The SMILES string of the molecule is O=C(Nc1ccc(F)cc1)c1cccc(Nc2ncc(-c3ccc(F)cc3)cn2)c1. The minimum Gasteiger partial charge on any atom is -0.324 e. The molecule has 3 aromatic carbocycles. The first-order valence-electron chi connectivity index (χ1n) is 9.09. The minimum atomic E-state index is -0.371. The van der Waals surface area contributed by atoms with Gasteiger partial charge in [0.25, 0.3) is 5.91 Å². The van der Waals surface area contributed by atoms with Gasteiger partial charge in [-0.3, -0.25) is 4.79 Å². The largest absolute Gasteiger partial charge is 0.324 e. The van der Waals surface area contributed by atoms with Crippen LogP contribution in [0.5, 0.6) is 0 Å². The van der Waals surface area contributed by atoms with E-state index in [0.717, 1.165) is 11.1 Å². The normalized spacial score (nSPS) is 10.5. The summed E-state index contributed by atoms with van der Waals surface area (Å²) in [7, 11) is 0. The standard InChI is InChI=1S/C23H16F2N4O/c24-18-6-4-15(5-7-18)17-13-26-23(27-14-17)29-21-3-1-2-16(12-21)22(30)28-20-10-8-19(25)9-11-20/h1-14H,(H,28,30)(H,26,27,29). The molecule has 4 aromatic rings. The van der Waals surface area contributed by atoms with Crippen LogP contribution in [0.1, 0.15) is 10.4 Å². The van der Waals surface area contributed by atoms with E-state index in [1.807, 2.05) is 0 Å². The highest BCUT2D eigenvalue weighted by atomic mass is 19.1. The Hall–Kier alpha value is -4.13. The van der Waals surface area contributed by atoms with Gasteiger partial charge in [0.1, 0.15) is 11.6 Å². The van der Waals surface area contributed by atoms with Gasteiger partial charge in [-0.2, -0.15) is 0 Å². The Morgan fingerprint density at radius 1 is 0.733 bits per heavy atom. The van der Waals surface area contributed by atoms with Crippen LogP contribution in [0, 0.1) is 11.6 Å². The molecule has 1 aromatic heterocycles. The fourth-order valence-corrected chi connectivity index (χ4v) is 2.79. The van der Waals surface area contributed by atoms with Gasteiger partial charge in [-0.15, -0.1) is 0 Å². The molecular formula is C23H16F2N4O. The Balaban J connectivity index is 1.45. The van der Waals surface area contributed by atoms with Crippen LogP contribution in [0.3, 0.4) is 0 Å². The molecule has 0 aliphatic carbocycles. The average molecular weight is 402 g/mol. The lowest BCUT2D eigenvalue weighted by Crippen LogP contribution is -2.12. The summed E-state index contributed by atoms with van der Waals surface area (Å²) < 4.78 is 26.0. The molecule has 2 N–H and O–H groups in total. The van der Waals surface area contributed by atoms with E-state index in [-0.39, 0.29) is 17.5 Å². The molecule has 4 rings (SSSR count). The Morgan fingerprint density at radius 2 is 1.37 bits per heavy atom. The molecule has 1 amide bonds. The van der Waals surface area contributed by atoms with Crippen LogP contribution in [-0.4, -0.2) is 15.9 Å². The zero-order valence-corrected chi connectivity index (χ0v) is 15.6. The second kappa shape index (κ2) is 8.48. The maximum atomic E-state index is 13.1. The predicted octanol–water partition coefficient (Wildman–Crippen LogP) is 5.42. The van der Waals surface area contributed by atoms with Crippen LogP contribution >= 0.6 is 0 Å². The molecule has 0 aliphatic rings. The molecule has 0 radical (unpaired) electrons. The number of nitrogens with one attached hydrogen (secondary N) is 2. The van der Waals surface area contributed by atoms with Crippen LogP contribution in [0.2, 0.25) is 0 Å². The molecule has 30 heavy (non-hydrogen) atoms. The Morgan fingerprint density at radius 3 is 2.03 bits per heavy atom. The first-order valence-corrected chi connectivity index (χ1v) is 9.09. The number of anilines is 3. The smallest absolute Gasteiger partial charge is 0.255 e. The zero-order chi connectivity index (χ0) is 20.9. The summed E-state index contributed by atoms with van der Waals surface area (Å²) in [4.78, 5) is 21.0. The number of aromatic nitrogens is 2. The molecule has 0 fully saturated rings. The summed E-state index contributed by atoms with van der Waals surface area (Å²) >= 11 is 0. The Kier molecular flexibility index (Phi) is 5.43.